The summed E-state index contributed by atoms with van der Waals surface area (Å²) in [5.41, 5.74) is 8.65. The molecule has 1 atom stereocenters. The molecular weight excluding hydrogens is 530 g/mol. The molecule has 2 aliphatic rings. The number of rotatable bonds is 11. The van der Waals surface area contributed by atoms with E-state index in [9.17, 15) is 4.79 Å². The van der Waals surface area contributed by atoms with Gasteiger partial charge >= 0.3 is 0 Å². The molecule has 1 aliphatic heterocycles. The molecule has 3 heterocycles. The first-order valence-corrected chi connectivity index (χ1v) is 14.6. The van der Waals surface area contributed by atoms with Gasteiger partial charge < -0.3 is 20.1 Å². The van der Waals surface area contributed by atoms with Crippen LogP contribution >= 0.6 is 0 Å². The van der Waals surface area contributed by atoms with Crippen LogP contribution in [0.1, 0.15) is 31.7 Å². The van der Waals surface area contributed by atoms with E-state index in [4.69, 9.17) is 20.3 Å². The van der Waals surface area contributed by atoms with Gasteiger partial charge in [0.05, 0.1) is 18.0 Å². The van der Waals surface area contributed by atoms with Gasteiger partial charge in [-0.15, -0.1) is 0 Å². The van der Waals surface area contributed by atoms with Gasteiger partial charge in [-0.1, -0.05) is 24.3 Å². The zero-order chi connectivity index (χ0) is 28.9. The molecule has 0 spiro atoms. The summed E-state index contributed by atoms with van der Waals surface area (Å²) < 4.78 is 13.1. The number of amides is 1. The number of fused-ring (bicyclic) bond motifs is 1. The second kappa shape index (κ2) is 12.7. The molecular formula is C32H37N7O3. The van der Waals surface area contributed by atoms with Crippen LogP contribution in [0.2, 0.25) is 0 Å². The molecule has 1 amide bonds. The molecule has 2 aromatic carbocycles. The maximum absolute atomic E-state index is 13.2. The molecule has 218 valence electrons. The molecule has 10 nitrogen and oxygen atoms in total. The Hall–Kier alpha value is -4.28. The zero-order valence-electron chi connectivity index (χ0n) is 23.9. The number of hydrogen-bond acceptors (Lipinski definition) is 8. The predicted molar refractivity (Wildman–Crippen MR) is 162 cm³/mol. The van der Waals surface area contributed by atoms with Crippen molar-refractivity contribution in [2.45, 2.75) is 37.8 Å². The molecule has 1 aliphatic carbocycles. The third-order valence-electron chi connectivity index (χ3n) is 7.93. The standard InChI is InChI=1S/C32H37N7O3/c1-41-20-19-37(24-13-14-24)17-6-10-28(40)38-18-5-7-25(21-38)39-32-29(31(33)34-22-35-32)30(36-39)23-11-15-27(16-12-23)42-26-8-3-2-4-9-26/h2-4,6,8-12,15-16,22,24-25H,5,7,13-14,17-21H2,1H3,(H2,33,34,35)/b10-6+. The van der Waals surface area contributed by atoms with Crippen LogP contribution in [0.15, 0.2) is 73.1 Å². The lowest BCUT2D eigenvalue weighted by molar-refractivity contribution is -0.127. The largest absolute Gasteiger partial charge is 0.457 e. The number of nitrogens with zero attached hydrogens (tertiary/aromatic N) is 6. The highest BCUT2D eigenvalue weighted by molar-refractivity contribution is 5.98. The summed E-state index contributed by atoms with van der Waals surface area (Å²) in [5, 5.41) is 5.73. The average molecular weight is 568 g/mol. The fraction of sp³-hybridized carbons (Fsp3) is 0.375. The van der Waals surface area contributed by atoms with Crippen molar-refractivity contribution < 1.29 is 14.3 Å². The minimum Gasteiger partial charge on any atom is -0.457 e. The Morgan fingerprint density at radius 2 is 1.86 bits per heavy atom. The minimum absolute atomic E-state index is 0.0213. The second-order valence-corrected chi connectivity index (χ2v) is 10.9. The molecule has 0 radical (unpaired) electrons. The number of piperidine rings is 1. The summed E-state index contributed by atoms with van der Waals surface area (Å²) in [6, 6.07) is 18.0. The van der Waals surface area contributed by atoms with Gasteiger partial charge in [0.1, 0.15) is 29.3 Å². The van der Waals surface area contributed by atoms with E-state index in [-0.39, 0.29) is 11.9 Å². The van der Waals surface area contributed by atoms with Crippen LogP contribution in [0.4, 0.5) is 5.82 Å². The minimum atomic E-state index is -0.0213. The number of ether oxygens (including phenoxy) is 2. The van der Waals surface area contributed by atoms with Crippen LogP contribution in [-0.4, -0.2) is 81.4 Å². The normalized spacial score (nSPS) is 17.4. The Morgan fingerprint density at radius 3 is 2.62 bits per heavy atom. The topological polar surface area (TPSA) is 112 Å². The Bertz CT molecular complexity index is 1530. The Morgan fingerprint density at radius 1 is 1.07 bits per heavy atom. The third-order valence-corrected chi connectivity index (χ3v) is 7.93. The fourth-order valence-corrected chi connectivity index (χ4v) is 5.58. The van der Waals surface area contributed by atoms with E-state index in [1.54, 1.807) is 13.2 Å². The first-order valence-electron chi connectivity index (χ1n) is 14.6. The number of nitrogens with two attached hydrogens (primary N) is 1. The fourth-order valence-electron chi connectivity index (χ4n) is 5.58. The van der Waals surface area contributed by atoms with Crippen molar-refractivity contribution in [1.29, 1.82) is 0 Å². The number of likely N-dealkylation sites (tertiary alicyclic amines) is 1. The molecule has 2 fully saturated rings. The molecule has 6 rings (SSSR count). The van der Waals surface area contributed by atoms with E-state index in [2.05, 4.69) is 14.9 Å². The SMILES string of the molecule is COCCN(C/C=C/C(=O)N1CCCC(n2nc(-c3ccc(Oc4ccccc4)cc3)c3c(N)ncnc32)C1)C1CC1. The van der Waals surface area contributed by atoms with Crippen molar-refractivity contribution in [3.8, 4) is 22.8 Å². The summed E-state index contributed by atoms with van der Waals surface area (Å²) in [5.74, 6) is 1.91. The van der Waals surface area contributed by atoms with E-state index in [0.29, 0.717) is 41.7 Å². The number of carbonyl (C=O) groups is 1. The second-order valence-electron chi connectivity index (χ2n) is 10.9. The summed E-state index contributed by atoms with van der Waals surface area (Å²) >= 11 is 0. The highest BCUT2D eigenvalue weighted by atomic mass is 16.5. The Balaban J connectivity index is 1.19. The molecule has 1 saturated carbocycles. The third kappa shape index (κ3) is 6.29. The smallest absolute Gasteiger partial charge is 0.246 e. The van der Waals surface area contributed by atoms with E-state index in [1.165, 1.54) is 19.2 Å². The lowest BCUT2D eigenvalue weighted by Crippen LogP contribution is -2.40. The number of hydrogen-bond donors (Lipinski definition) is 1. The van der Waals surface area contributed by atoms with Gasteiger partial charge in [-0.2, -0.15) is 5.10 Å². The summed E-state index contributed by atoms with van der Waals surface area (Å²) in [6.07, 6.45) is 9.40. The van der Waals surface area contributed by atoms with Crippen LogP contribution in [0.25, 0.3) is 22.3 Å². The average Bonchev–Trinajstić information content (AvgIpc) is 3.79. The van der Waals surface area contributed by atoms with Crippen LogP contribution in [0.5, 0.6) is 11.5 Å². The maximum atomic E-state index is 13.2. The van der Waals surface area contributed by atoms with Crippen LogP contribution < -0.4 is 10.5 Å². The number of carbonyl (C=O) groups excluding carboxylic acids is 1. The van der Waals surface area contributed by atoms with E-state index in [1.807, 2.05) is 70.3 Å². The van der Waals surface area contributed by atoms with Gasteiger partial charge in [0.15, 0.2) is 5.65 Å². The van der Waals surface area contributed by atoms with Gasteiger partial charge in [0.2, 0.25) is 5.91 Å². The van der Waals surface area contributed by atoms with E-state index >= 15 is 0 Å². The number of anilines is 1. The molecule has 1 unspecified atom stereocenters. The van der Waals surface area contributed by atoms with Gasteiger partial charge in [-0.05, 0) is 62.1 Å². The molecule has 1 saturated heterocycles. The number of aromatic nitrogens is 4. The van der Waals surface area contributed by atoms with Crippen molar-refractivity contribution in [3.05, 3.63) is 73.1 Å². The molecule has 2 N–H and O–H groups in total. The van der Waals surface area contributed by atoms with E-state index in [0.717, 1.165) is 49.5 Å². The lowest BCUT2D eigenvalue weighted by Gasteiger charge is -2.32. The van der Waals surface area contributed by atoms with Crippen LogP contribution in [0, 0.1) is 0 Å². The molecule has 0 bridgehead atoms. The predicted octanol–water partition coefficient (Wildman–Crippen LogP) is 4.70. The quantitative estimate of drug-likeness (QED) is 0.260. The molecule has 42 heavy (non-hydrogen) atoms. The van der Waals surface area contributed by atoms with Crippen molar-refractivity contribution in [3.63, 3.8) is 0 Å². The Labute approximate surface area is 245 Å². The first kappa shape index (κ1) is 27.9. The molecule has 10 heteroatoms. The number of benzene rings is 2. The summed E-state index contributed by atoms with van der Waals surface area (Å²) in [6.45, 7) is 3.63. The van der Waals surface area contributed by atoms with Gasteiger partial charge in [-0.3, -0.25) is 9.69 Å². The van der Waals surface area contributed by atoms with E-state index < -0.39 is 0 Å². The van der Waals surface area contributed by atoms with Gasteiger partial charge in [-0.25, -0.2) is 14.6 Å². The highest BCUT2D eigenvalue weighted by Crippen LogP contribution is 2.35. The van der Waals surface area contributed by atoms with Gasteiger partial charge in [0.25, 0.3) is 0 Å². The molecule has 2 aromatic heterocycles. The van der Waals surface area contributed by atoms with Crippen LogP contribution in [0.3, 0.4) is 0 Å². The number of methoxy groups -OCH3 is 1. The van der Waals surface area contributed by atoms with Crippen molar-refractivity contribution >= 4 is 22.8 Å². The lowest BCUT2D eigenvalue weighted by atomic mass is 10.1. The summed E-state index contributed by atoms with van der Waals surface area (Å²) in [4.78, 5) is 26.3. The Kier molecular flexibility index (Phi) is 8.43. The highest BCUT2D eigenvalue weighted by Gasteiger charge is 2.29. The van der Waals surface area contributed by atoms with Crippen molar-refractivity contribution in [2.75, 3.05) is 45.6 Å². The number of nitrogen functional groups attached to an aromatic ring is 1. The number of para-hydroxylation sites is 1. The first-order chi connectivity index (χ1) is 20.6. The monoisotopic (exact) mass is 567 g/mol. The summed E-state index contributed by atoms with van der Waals surface area (Å²) in [7, 11) is 1.72. The van der Waals surface area contributed by atoms with Gasteiger partial charge in [0, 0.05) is 51.0 Å². The molecule has 4 aromatic rings. The van der Waals surface area contributed by atoms with Crippen molar-refractivity contribution in [2.24, 2.45) is 0 Å². The maximum Gasteiger partial charge on any atom is 0.246 e. The van der Waals surface area contributed by atoms with Crippen molar-refractivity contribution in [1.82, 2.24) is 29.5 Å². The van der Waals surface area contributed by atoms with Crippen LogP contribution in [-0.2, 0) is 9.53 Å². The zero-order valence-corrected chi connectivity index (χ0v) is 23.9.